The second-order valence-electron chi connectivity index (χ2n) is 4.91. The molecule has 0 atom stereocenters. The summed E-state index contributed by atoms with van der Waals surface area (Å²) in [6.07, 6.45) is 7.02. The van der Waals surface area contributed by atoms with Gasteiger partial charge in [-0.3, -0.25) is 0 Å². The van der Waals surface area contributed by atoms with Gasteiger partial charge in [0.15, 0.2) is 0 Å². The van der Waals surface area contributed by atoms with Gasteiger partial charge >= 0.3 is 0 Å². The number of rotatable bonds is 3. The van der Waals surface area contributed by atoms with Crippen molar-refractivity contribution in [3.8, 4) is 12.1 Å². The summed E-state index contributed by atoms with van der Waals surface area (Å²) >= 11 is 5.94. The Morgan fingerprint density at radius 1 is 1.00 bits per heavy atom. The second kappa shape index (κ2) is 7.53. The summed E-state index contributed by atoms with van der Waals surface area (Å²) in [5, 5.41) is 18.4. The molecule has 2 rings (SSSR count). The van der Waals surface area contributed by atoms with Crippen LogP contribution in [0.3, 0.4) is 0 Å². The van der Waals surface area contributed by atoms with E-state index >= 15 is 0 Å². The van der Waals surface area contributed by atoms with Crippen molar-refractivity contribution in [2.45, 2.75) is 19.3 Å². The molecule has 21 heavy (non-hydrogen) atoms. The Kier molecular flexibility index (Phi) is 5.43. The van der Waals surface area contributed by atoms with Gasteiger partial charge in [-0.05, 0) is 49.1 Å². The van der Waals surface area contributed by atoms with Crippen molar-refractivity contribution in [2.75, 3.05) is 13.1 Å². The number of halogens is 1. The number of piperidine rings is 1. The summed E-state index contributed by atoms with van der Waals surface area (Å²) in [6, 6.07) is 11.4. The van der Waals surface area contributed by atoms with E-state index in [0.717, 1.165) is 37.2 Å². The molecular formula is C17H16ClN3. The van der Waals surface area contributed by atoms with Crippen LogP contribution in [0.5, 0.6) is 0 Å². The highest BCUT2D eigenvalue weighted by atomic mass is 35.5. The van der Waals surface area contributed by atoms with Crippen LogP contribution in [0.4, 0.5) is 0 Å². The highest BCUT2D eigenvalue weighted by Crippen LogP contribution is 2.25. The lowest BCUT2D eigenvalue weighted by atomic mass is 10.1. The molecule has 1 heterocycles. The number of likely N-dealkylation sites (tertiary alicyclic amines) is 1. The van der Waals surface area contributed by atoms with Gasteiger partial charge in [0.1, 0.15) is 17.7 Å². The lowest BCUT2D eigenvalue weighted by Crippen LogP contribution is -2.28. The summed E-state index contributed by atoms with van der Waals surface area (Å²) in [4.78, 5) is 2.30. The van der Waals surface area contributed by atoms with E-state index in [1.54, 1.807) is 6.08 Å². The first-order valence-corrected chi connectivity index (χ1v) is 7.35. The molecule has 1 aromatic rings. The predicted molar refractivity (Wildman–Crippen MR) is 84.2 cm³/mol. The molecule has 1 aliphatic rings. The number of nitriles is 2. The molecule has 0 aromatic heterocycles. The summed E-state index contributed by atoms with van der Waals surface area (Å²) in [5.74, 6) is 0. The Balaban J connectivity index is 2.37. The van der Waals surface area contributed by atoms with Gasteiger partial charge in [0, 0.05) is 23.8 Å². The molecule has 4 heteroatoms. The first-order chi connectivity index (χ1) is 10.2. The molecule has 0 aliphatic carbocycles. The van der Waals surface area contributed by atoms with Gasteiger partial charge in [0.2, 0.25) is 0 Å². The molecule has 3 nitrogen and oxygen atoms in total. The van der Waals surface area contributed by atoms with Crippen molar-refractivity contribution in [2.24, 2.45) is 0 Å². The topological polar surface area (TPSA) is 50.8 Å². The normalized spacial score (nSPS) is 15.0. The molecule has 0 unspecified atom stereocenters. The summed E-state index contributed by atoms with van der Waals surface area (Å²) in [6.45, 7) is 1.99. The minimum Gasteiger partial charge on any atom is -0.371 e. The average molecular weight is 298 g/mol. The van der Waals surface area contributed by atoms with Crippen molar-refractivity contribution >= 4 is 17.3 Å². The third-order valence-electron chi connectivity index (χ3n) is 3.49. The third-order valence-corrected chi connectivity index (χ3v) is 3.74. The number of nitrogens with zero attached hydrogens (tertiary/aromatic N) is 3. The van der Waals surface area contributed by atoms with Gasteiger partial charge in [0.05, 0.1) is 0 Å². The van der Waals surface area contributed by atoms with Crippen molar-refractivity contribution in [3.05, 3.63) is 52.6 Å². The molecule has 0 spiro atoms. The fraction of sp³-hybridized carbons (Fsp3) is 0.294. The van der Waals surface area contributed by atoms with Crippen LogP contribution in [0.15, 0.2) is 42.0 Å². The van der Waals surface area contributed by atoms with Gasteiger partial charge in [0.25, 0.3) is 0 Å². The number of hydrogen-bond acceptors (Lipinski definition) is 3. The number of hydrogen-bond donors (Lipinski definition) is 0. The van der Waals surface area contributed by atoms with Crippen LogP contribution < -0.4 is 0 Å². The zero-order valence-electron chi connectivity index (χ0n) is 11.7. The highest BCUT2D eigenvalue weighted by molar-refractivity contribution is 6.30. The van der Waals surface area contributed by atoms with Crippen LogP contribution in [-0.4, -0.2) is 18.0 Å². The van der Waals surface area contributed by atoms with E-state index in [-0.39, 0.29) is 5.57 Å². The number of benzene rings is 1. The largest absolute Gasteiger partial charge is 0.371 e. The van der Waals surface area contributed by atoms with Crippen molar-refractivity contribution in [1.82, 2.24) is 4.90 Å². The number of allylic oxidation sites excluding steroid dienone is 3. The minimum atomic E-state index is 0.110. The average Bonchev–Trinajstić information content (AvgIpc) is 2.54. The molecule has 0 saturated carbocycles. The zero-order chi connectivity index (χ0) is 15.1. The maximum atomic E-state index is 8.86. The van der Waals surface area contributed by atoms with E-state index in [4.69, 9.17) is 22.1 Å². The first-order valence-electron chi connectivity index (χ1n) is 6.97. The van der Waals surface area contributed by atoms with E-state index in [9.17, 15) is 0 Å². The Hall–Kier alpha value is -2.23. The highest BCUT2D eigenvalue weighted by Gasteiger charge is 2.14. The Bertz CT molecular complexity index is 607. The maximum Gasteiger partial charge on any atom is 0.129 e. The Morgan fingerprint density at radius 2 is 1.62 bits per heavy atom. The predicted octanol–water partition coefficient (Wildman–Crippen LogP) is 4.14. The summed E-state index contributed by atoms with van der Waals surface area (Å²) < 4.78 is 0. The SMILES string of the molecule is N#CC(C#N)=C/C=C(/c1ccc(Cl)cc1)N1CCCCC1. The second-order valence-corrected chi connectivity index (χ2v) is 5.35. The standard InChI is InChI=1S/C17H16ClN3/c18-16-7-5-15(6-8-16)17(9-4-14(12-19)13-20)21-10-2-1-3-11-21/h4-9H,1-3,10-11H2/b17-9-. The van der Waals surface area contributed by atoms with Crippen LogP contribution in [-0.2, 0) is 0 Å². The third kappa shape index (κ3) is 4.12. The Morgan fingerprint density at radius 3 is 2.19 bits per heavy atom. The van der Waals surface area contributed by atoms with Gasteiger partial charge in [-0.25, -0.2) is 0 Å². The van der Waals surface area contributed by atoms with Gasteiger partial charge in [-0.1, -0.05) is 23.7 Å². The minimum absolute atomic E-state index is 0.110. The van der Waals surface area contributed by atoms with Gasteiger partial charge in [-0.15, -0.1) is 0 Å². The summed E-state index contributed by atoms with van der Waals surface area (Å²) in [5.41, 5.74) is 2.20. The lowest BCUT2D eigenvalue weighted by molar-refractivity contribution is 0.326. The first kappa shape index (κ1) is 15.2. The van der Waals surface area contributed by atoms with Gasteiger partial charge in [-0.2, -0.15) is 10.5 Å². The molecule has 0 N–H and O–H groups in total. The van der Waals surface area contributed by atoms with Crippen molar-refractivity contribution in [3.63, 3.8) is 0 Å². The molecular weight excluding hydrogens is 282 g/mol. The maximum absolute atomic E-state index is 8.86. The van der Waals surface area contributed by atoms with E-state index in [1.165, 1.54) is 6.42 Å². The quantitative estimate of drug-likeness (QED) is 0.622. The van der Waals surface area contributed by atoms with Crippen LogP contribution >= 0.6 is 11.6 Å². The van der Waals surface area contributed by atoms with E-state index in [1.807, 2.05) is 42.5 Å². The molecule has 0 amide bonds. The fourth-order valence-corrected chi connectivity index (χ4v) is 2.53. The van der Waals surface area contributed by atoms with Crippen molar-refractivity contribution < 1.29 is 0 Å². The fourth-order valence-electron chi connectivity index (χ4n) is 2.40. The van der Waals surface area contributed by atoms with E-state index in [0.29, 0.717) is 5.02 Å². The van der Waals surface area contributed by atoms with E-state index in [2.05, 4.69) is 4.90 Å². The van der Waals surface area contributed by atoms with E-state index < -0.39 is 0 Å². The molecule has 1 aliphatic heterocycles. The van der Waals surface area contributed by atoms with Gasteiger partial charge < -0.3 is 4.90 Å². The smallest absolute Gasteiger partial charge is 0.129 e. The molecule has 1 fully saturated rings. The monoisotopic (exact) mass is 297 g/mol. The lowest BCUT2D eigenvalue weighted by Gasteiger charge is -2.31. The summed E-state index contributed by atoms with van der Waals surface area (Å²) in [7, 11) is 0. The molecule has 1 aromatic carbocycles. The van der Waals surface area contributed by atoms with Crippen LogP contribution in [0.25, 0.3) is 5.70 Å². The molecule has 0 bridgehead atoms. The van der Waals surface area contributed by atoms with Crippen molar-refractivity contribution in [1.29, 1.82) is 10.5 Å². The molecule has 1 saturated heterocycles. The molecule has 0 radical (unpaired) electrons. The van der Waals surface area contributed by atoms with Crippen LogP contribution in [0, 0.1) is 22.7 Å². The molecule has 106 valence electrons. The zero-order valence-corrected chi connectivity index (χ0v) is 12.5. The Labute approximate surface area is 130 Å². The van der Waals surface area contributed by atoms with Crippen LogP contribution in [0.2, 0.25) is 5.02 Å². The van der Waals surface area contributed by atoms with Crippen LogP contribution in [0.1, 0.15) is 24.8 Å².